The lowest BCUT2D eigenvalue weighted by Crippen LogP contribution is -2.33. The molecule has 0 amide bonds. The minimum absolute atomic E-state index is 0.260. The summed E-state index contributed by atoms with van der Waals surface area (Å²) in [4.78, 5) is 0. The fourth-order valence-corrected chi connectivity index (χ4v) is 2.54. The van der Waals surface area contributed by atoms with E-state index in [0.717, 1.165) is 29.9 Å². The van der Waals surface area contributed by atoms with Crippen LogP contribution >= 0.6 is 0 Å². The quantitative estimate of drug-likeness (QED) is 0.895. The molecule has 4 heteroatoms. The summed E-state index contributed by atoms with van der Waals surface area (Å²) in [6.45, 7) is 7.15. The molecule has 0 aromatic carbocycles. The predicted octanol–water partition coefficient (Wildman–Crippen LogP) is 2.52. The van der Waals surface area contributed by atoms with E-state index in [4.69, 9.17) is 19.6 Å². The van der Waals surface area contributed by atoms with Crippen LogP contribution in [0.25, 0.3) is 0 Å². The first-order chi connectivity index (χ1) is 8.58. The Kier molecular flexibility index (Phi) is 4.43. The van der Waals surface area contributed by atoms with Crippen LogP contribution in [0, 0.1) is 6.92 Å². The van der Waals surface area contributed by atoms with Crippen molar-refractivity contribution in [3.63, 3.8) is 0 Å². The van der Waals surface area contributed by atoms with Gasteiger partial charge >= 0.3 is 0 Å². The minimum Gasteiger partial charge on any atom is -0.462 e. The molecule has 2 atom stereocenters. The maximum atomic E-state index is 5.91. The molecule has 1 saturated heterocycles. The Morgan fingerprint density at radius 2 is 2.00 bits per heavy atom. The van der Waals surface area contributed by atoms with Crippen LogP contribution in [0.1, 0.15) is 43.8 Å². The van der Waals surface area contributed by atoms with E-state index in [1.807, 2.05) is 13.0 Å². The number of ether oxygens (including phenoxy) is 2. The molecule has 1 aromatic rings. The van der Waals surface area contributed by atoms with E-state index in [-0.39, 0.29) is 18.3 Å². The Morgan fingerprint density at radius 3 is 2.56 bits per heavy atom. The Hall–Kier alpha value is -0.840. The molecular formula is C14H23NO3. The van der Waals surface area contributed by atoms with Crippen LogP contribution in [0.4, 0.5) is 0 Å². The summed E-state index contributed by atoms with van der Waals surface area (Å²) >= 11 is 0. The molecule has 102 valence electrons. The van der Waals surface area contributed by atoms with Crippen LogP contribution in [0.15, 0.2) is 10.5 Å². The first kappa shape index (κ1) is 13.6. The van der Waals surface area contributed by atoms with Gasteiger partial charge in [-0.25, -0.2) is 0 Å². The summed E-state index contributed by atoms with van der Waals surface area (Å²) < 4.78 is 17.2. The summed E-state index contributed by atoms with van der Waals surface area (Å²) in [5.41, 5.74) is 6.69. The normalized spacial score (nSPS) is 28.6. The summed E-state index contributed by atoms with van der Waals surface area (Å²) in [6, 6.07) is 2.01. The average molecular weight is 253 g/mol. The second kappa shape index (κ2) is 5.87. The summed E-state index contributed by atoms with van der Waals surface area (Å²) in [5, 5.41) is 0. The molecule has 1 aliphatic heterocycles. The van der Waals surface area contributed by atoms with Gasteiger partial charge in [0.15, 0.2) is 0 Å². The molecule has 1 fully saturated rings. The van der Waals surface area contributed by atoms with E-state index < -0.39 is 0 Å². The van der Waals surface area contributed by atoms with Gasteiger partial charge in [-0.05, 0) is 45.2 Å². The molecule has 2 N–H and O–H groups in total. The highest BCUT2D eigenvalue weighted by atomic mass is 16.5. The van der Waals surface area contributed by atoms with Gasteiger partial charge in [-0.2, -0.15) is 0 Å². The molecule has 2 heterocycles. The van der Waals surface area contributed by atoms with Crippen LogP contribution in [0.2, 0.25) is 0 Å². The van der Waals surface area contributed by atoms with Gasteiger partial charge in [0.25, 0.3) is 0 Å². The minimum atomic E-state index is 0.260. The molecule has 0 spiro atoms. The van der Waals surface area contributed by atoms with E-state index in [1.54, 1.807) is 0 Å². The van der Waals surface area contributed by atoms with Gasteiger partial charge in [0, 0.05) is 0 Å². The summed E-state index contributed by atoms with van der Waals surface area (Å²) in [7, 11) is 0. The Morgan fingerprint density at radius 1 is 1.33 bits per heavy atom. The lowest BCUT2D eigenvalue weighted by atomic mass is 10.0. The van der Waals surface area contributed by atoms with Crippen LogP contribution < -0.4 is 5.73 Å². The Balaban J connectivity index is 1.86. The molecule has 1 aromatic heterocycles. The second-order valence-corrected chi connectivity index (χ2v) is 5.18. The van der Waals surface area contributed by atoms with Crippen molar-refractivity contribution in [3.05, 3.63) is 23.2 Å². The van der Waals surface area contributed by atoms with Crippen LogP contribution in [0.3, 0.4) is 0 Å². The van der Waals surface area contributed by atoms with Gasteiger partial charge in [0.2, 0.25) is 0 Å². The van der Waals surface area contributed by atoms with Gasteiger partial charge in [-0.15, -0.1) is 0 Å². The maximum Gasteiger partial charge on any atom is 0.130 e. The van der Waals surface area contributed by atoms with Crippen LogP contribution in [-0.4, -0.2) is 18.3 Å². The van der Waals surface area contributed by atoms with E-state index in [0.29, 0.717) is 13.2 Å². The van der Waals surface area contributed by atoms with Crippen molar-refractivity contribution in [2.45, 2.75) is 65.1 Å². The van der Waals surface area contributed by atoms with Gasteiger partial charge in [0.05, 0.1) is 24.9 Å². The topological polar surface area (TPSA) is 57.6 Å². The molecule has 0 aliphatic carbocycles. The summed E-state index contributed by atoms with van der Waals surface area (Å²) in [6.07, 6.45) is 2.71. The number of hydrogen-bond donors (Lipinski definition) is 1. The molecule has 1 aliphatic rings. The lowest BCUT2D eigenvalue weighted by molar-refractivity contribution is -0.108. The van der Waals surface area contributed by atoms with E-state index in [9.17, 15) is 0 Å². The molecule has 2 unspecified atom stereocenters. The standard InChI is InChI=1S/C14H23NO3/c1-9-4-13(18-14(9)7-15)8-16-12-5-10(2)17-11(3)6-12/h4,10-12H,5-8,15H2,1-3H3. The number of nitrogens with two attached hydrogens (primary N) is 1. The third-order valence-electron chi connectivity index (χ3n) is 3.37. The Labute approximate surface area is 108 Å². The van der Waals surface area contributed by atoms with Gasteiger partial charge in [-0.3, -0.25) is 0 Å². The Bertz CT molecular complexity index is 378. The molecule has 0 radical (unpaired) electrons. The SMILES string of the molecule is Cc1cc(COC2CC(C)OC(C)C2)oc1CN. The van der Waals surface area contributed by atoms with Crippen LogP contribution in [0.5, 0.6) is 0 Å². The van der Waals surface area contributed by atoms with E-state index in [2.05, 4.69) is 13.8 Å². The predicted molar refractivity (Wildman–Crippen MR) is 69.2 cm³/mol. The second-order valence-electron chi connectivity index (χ2n) is 5.18. The van der Waals surface area contributed by atoms with Crippen molar-refractivity contribution < 1.29 is 13.9 Å². The van der Waals surface area contributed by atoms with Crippen molar-refractivity contribution in [3.8, 4) is 0 Å². The van der Waals surface area contributed by atoms with E-state index in [1.165, 1.54) is 0 Å². The molecule has 2 rings (SSSR count). The first-order valence-electron chi connectivity index (χ1n) is 6.63. The zero-order valence-corrected chi connectivity index (χ0v) is 11.4. The van der Waals surface area contributed by atoms with Crippen molar-refractivity contribution in [1.29, 1.82) is 0 Å². The molecule has 4 nitrogen and oxygen atoms in total. The van der Waals surface area contributed by atoms with Gasteiger partial charge < -0.3 is 19.6 Å². The summed E-state index contributed by atoms with van der Waals surface area (Å²) in [5.74, 6) is 1.71. The van der Waals surface area contributed by atoms with Crippen molar-refractivity contribution in [2.24, 2.45) is 5.73 Å². The molecular weight excluding hydrogens is 230 g/mol. The monoisotopic (exact) mass is 253 g/mol. The molecule has 18 heavy (non-hydrogen) atoms. The third-order valence-corrected chi connectivity index (χ3v) is 3.37. The maximum absolute atomic E-state index is 5.91. The van der Waals surface area contributed by atoms with Crippen molar-refractivity contribution in [1.82, 2.24) is 0 Å². The largest absolute Gasteiger partial charge is 0.462 e. The molecule has 0 bridgehead atoms. The highest BCUT2D eigenvalue weighted by Crippen LogP contribution is 2.23. The number of hydrogen-bond acceptors (Lipinski definition) is 4. The number of aryl methyl sites for hydroxylation is 1. The zero-order valence-electron chi connectivity index (χ0n) is 11.4. The van der Waals surface area contributed by atoms with Gasteiger partial charge in [-0.1, -0.05) is 0 Å². The fraction of sp³-hybridized carbons (Fsp3) is 0.714. The number of rotatable bonds is 4. The van der Waals surface area contributed by atoms with Crippen LogP contribution in [-0.2, 0) is 22.6 Å². The highest BCUT2D eigenvalue weighted by molar-refractivity contribution is 5.19. The van der Waals surface area contributed by atoms with E-state index >= 15 is 0 Å². The average Bonchev–Trinajstić information content (AvgIpc) is 2.66. The number of furan rings is 1. The third kappa shape index (κ3) is 3.34. The smallest absolute Gasteiger partial charge is 0.130 e. The first-order valence-corrected chi connectivity index (χ1v) is 6.63. The fourth-order valence-electron chi connectivity index (χ4n) is 2.54. The van der Waals surface area contributed by atoms with Crippen molar-refractivity contribution >= 4 is 0 Å². The lowest BCUT2D eigenvalue weighted by Gasteiger charge is -2.31. The van der Waals surface area contributed by atoms with Gasteiger partial charge in [0.1, 0.15) is 18.1 Å². The van der Waals surface area contributed by atoms with Crippen molar-refractivity contribution in [2.75, 3.05) is 0 Å². The zero-order chi connectivity index (χ0) is 13.1. The molecule has 0 saturated carbocycles. The highest BCUT2D eigenvalue weighted by Gasteiger charge is 2.25.